The van der Waals surface area contributed by atoms with Crippen LogP contribution < -0.4 is 5.73 Å². The summed E-state index contributed by atoms with van der Waals surface area (Å²) >= 11 is 6.07. The molecule has 0 bridgehead atoms. The first-order valence-corrected chi connectivity index (χ1v) is 5.03. The van der Waals surface area contributed by atoms with Gasteiger partial charge in [-0.05, 0) is 38.1 Å². The molecule has 0 spiro atoms. The van der Waals surface area contributed by atoms with Crippen molar-refractivity contribution in [1.29, 1.82) is 0 Å². The summed E-state index contributed by atoms with van der Waals surface area (Å²) in [4.78, 5) is 0. The predicted molar refractivity (Wildman–Crippen MR) is 49.8 cm³/mol. The summed E-state index contributed by atoms with van der Waals surface area (Å²) in [5.41, 5.74) is 5.53. The molecule has 2 heteroatoms. The Morgan fingerprint density at radius 1 is 1.55 bits per heavy atom. The number of hydrogen-bond donors (Lipinski definition) is 1. The van der Waals surface area contributed by atoms with Gasteiger partial charge in [0.05, 0.1) is 0 Å². The second-order valence-corrected chi connectivity index (χ2v) is 4.30. The van der Waals surface area contributed by atoms with Crippen molar-refractivity contribution < 1.29 is 0 Å². The molecule has 1 aliphatic rings. The number of alkyl halides is 1. The van der Waals surface area contributed by atoms with Crippen LogP contribution in [0.2, 0.25) is 0 Å². The molecule has 1 rings (SSSR count). The lowest BCUT2D eigenvalue weighted by molar-refractivity contribution is 0.364. The van der Waals surface area contributed by atoms with E-state index in [2.05, 4.69) is 6.92 Å². The molecule has 2 N–H and O–H groups in total. The van der Waals surface area contributed by atoms with Crippen LogP contribution in [0.4, 0.5) is 0 Å². The fourth-order valence-corrected chi connectivity index (χ4v) is 2.57. The van der Waals surface area contributed by atoms with Gasteiger partial charge in [0.2, 0.25) is 0 Å². The van der Waals surface area contributed by atoms with Crippen molar-refractivity contribution in [2.24, 2.45) is 17.6 Å². The maximum Gasteiger partial charge on any atom is 0.0338 e. The van der Waals surface area contributed by atoms with Gasteiger partial charge in [-0.25, -0.2) is 0 Å². The summed E-state index contributed by atoms with van der Waals surface area (Å²) < 4.78 is 0. The van der Waals surface area contributed by atoms with Gasteiger partial charge >= 0.3 is 0 Å². The van der Waals surface area contributed by atoms with Crippen molar-refractivity contribution in [3.8, 4) is 0 Å². The van der Waals surface area contributed by atoms with E-state index in [9.17, 15) is 0 Å². The fourth-order valence-electron chi connectivity index (χ4n) is 2.24. The summed E-state index contributed by atoms with van der Waals surface area (Å²) in [5, 5.41) is 0.342. The summed E-state index contributed by atoms with van der Waals surface area (Å²) in [6, 6.07) is 0. The number of halogens is 1. The first-order chi connectivity index (χ1) is 5.25. The van der Waals surface area contributed by atoms with Gasteiger partial charge in [0, 0.05) is 5.38 Å². The number of hydrogen-bond acceptors (Lipinski definition) is 1. The molecule has 11 heavy (non-hydrogen) atoms. The third-order valence-electron chi connectivity index (χ3n) is 2.85. The molecule has 0 aromatic rings. The Labute approximate surface area is 74.3 Å². The average molecular weight is 176 g/mol. The minimum atomic E-state index is 0.342. The van der Waals surface area contributed by atoms with Crippen LogP contribution in [0.3, 0.4) is 0 Å². The molecule has 0 aliphatic heterocycles. The molecule has 1 aliphatic carbocycles. The van der Waals surface area contributed by atoms with Crippen LogP contribution in [-0.2, 0) is 0 Å². The third kappa shape index (κ3) is 2.34. The molecule has 0 aromatic carbocycles. The molecule has 3 atom stereocenters. The molecular weight excluding hydrogens is 158 g/mol. The van der Waals surface area contributed by atoms with Crippen molar-refractivity contribution in [3.05, 3.63) is 0 Å². The highest BCUT2D eigenvalue weighted by Crippen LogP contribution is 2.37. The SMILES string of the molecule is C[C@H](Cl)[C@@H]1CCC[C@@H]1CCN. The van der Waals surface area contributed by atoms with Crippen LogP contribution in [0.25, 0.3) is 0 Å². The third-order valence-corrected chi connectivity index (χ3v) is 3.17. The monoisotopic (exact) mass is 175 g/mol. The van der Waals surface area contributed by atoms with Crippen molar-refractivity contribution in [2.75, 3.05) is 6.54 Å². The average Bonchev–Trinajstić information content (AvgIpc) is 2.36. The van der Waals surface area contributed by atoms with Crippen LogP contribution >= 0.6 is 11.6 Å². The quantitative estimate of drug-likeness (QED) is 0.655. The highest BCUT2D eigenvalue weighted by molar-refractivity contribution is 6.20. The standard InChI is InChI=1S/C9H18ClN/c1-7(10)9-4-2-3-8(9)5-6-11/h7-9H,2-6,11H2,1H3/t7-,8+,9-/m0/s1. The highest BCUT2D eigenvalue weighted by Gasteiger charge is 2.29. The van der Waals surface area contributed by atoms with Gasteiger partial charge in [-0.3, -0.25) is 0 Å². The summed E-state index contributed by atoms with van der Waals surface area (Å²) in [7, 11) is 0. The molecule has 0 aromatic heterocycles. The van der Waals surface area contributed by atoms with Crippen LogP contribution in [0.1, 0.15) is 32.6 Å². The molecule has 0 amide bonds. The number of rotatable bonds is 3. The van der Waals surface area contributed by atoms with Gasteiger partial charge in [0.25, 0.3) is 0 Å². The second-order valence-electron chi connectivity index (χ2n) is 3.61. The largest absolute Gasteiger partial charge is 0.330 e. The van der Waals surface area contributed by atoms with E-state index in [1.165, 1.54) is 25.7 Å². The molecule has 1 fully saturated rings. The van der Waals surface area contributed by atoms with E-state index in [0.29, 0.717) is 5.38 Å². The van der Waals surface area contributed by atoms with E-state index in [-0.39, 0.29) is 0 Å². The highest BCUT2D eigenvalue weighted by atomic mass is 35.5. The fraction of sp³-hybridized carbons (Fsp3) is 1.00. The Kier molecular flexibility index (Phi) is 3.67. The van der Waals surface area contributed by atoms with Gasteiger partial charge in [0.1, 0.15) is 0 Å². The molecule has 1 saturated carbocycles. The zero-order valence-corrected chi connectivity index (χ0v) is 7.98. The molecule has 0 heterocycles. The van der Waals surface area contributed by atoms with Gasteiger partial charge in [0.15, 0.2) is 0 Å². The van der Waals surface area contributed by atoms with E-state index in [1.54, 1.807) is 0 Å². The van der Waals surface area contributed by atoms with E-state index < -0.39 is 0 Å². The Morgan fingerprint density at radius 2 is 2.27 bits per heavy atom. The van der Waals surface area contributed by atoms with Crippen LogP contribution in [0, 0.1) is 11.8 Å². The minimum Gasteiger partial charge on any atom is -0.330 e. The van der Waals surface area contributed by atoms with Gasteiger partial charge in [-0.2, -0.15) is 0 Å². The maximum atomic E-state index is 6.07. The van der Waals surface area contributed by atoms with Crippen molar-refractivity contribution in [1.82, 2.24) is 0 Å². The molecular formula is C9H18ClN. The Hall–Kier alpha value is 0.250. The molecule has 0 unspecified atom stereocenters. The zero-order valence-electron chi connectivity index (χ0n) is 7.22. The molecule has 1 nitrogen and oxygen atoms in total. The topological polar surface area (TPSA) is 26.0 Å². The van der Waals surface area contributed by atoms with Gasteiger partial charge in [-0.1, -0.05) is 12.8 Å². The summed E-state index contributed by atoms with van der Waals surface area (Å²) in [6.07, 6.45) is 5.18. The summed E-state index contributed by atoms with van der Waals surface area (Å²) in [5.74, 6) is 1.55. The lowest BCUT2D eigenvalue weighted by Gasteiger charge is -2.20. The maximum absolute atomic E-state index is 6.07. The van der Waals surface area contributed by atoms with E-state index >= 15 is 0 Å². The lowest BCUT2D eigenvalue weighted by atomic mass is 9.91. The van der Waals surface area contributed by atoms with Crippen LogP contribution in [0.15, 0.2) is 0 Å². The Bertz CT molecular complexity index is 114. The van der Waals surface area contributed by atoms with Crippen molar-refractivity contribution in [3.63, 3.8) is 0 Å². The second kappa shape index (κ2) is 4.32. The van der Waals surface area contributed by atoms with Crippen LogP contribution in [-0.4, -0.2) is 11.9 Å². The molecule has 0 saturated heterocycles. The first-order valence-electron chi connectivity index (χ1n) is 4.60. The molecule has 66 valence electrons. The van der Waals surface area contributed by atoms with Crippen molar-refractivity contribution in [2.45, 2.75) is 38.0 Å². The predicted octanol–water partition coefficient (Wildman–Crippen LogP) is 2.38. The normalized spacial score (nSPS) is 34.1. The lowest BCUT2D eigenvalue weighted by Crippen LogP contribution is -2.19. The minimum absolute atomic E-state index is 0.342. The molecule has 0 radical (unpaired) electrons. The summed E-state index contributed by atoms with van der Waals surface area (Å²) in [6.45, 7) is 2.94. The first kappa shape index (κ1) is 9.34. The van der Waals surface area contributed by atoms with E-state index in [1.807, 2.05) is 0 Å². The Balaban J connectivity index is 2.37. The van der Waals surface area contributed by atoms with Gasteiger partial charge < -0.3 is 5.73 Å². The van der Waals surface area contributed by atoms with E-state index in [4.69, 9.17) is 17.3 Å². The van der Waals surface area contributed by atoms with E-state index in [0.717, 1.165) is 18.4 Å². The van der Waals surface area contributed by atoms with Crippen LogP contribution in [0.5, 0.6) is 0 Å². The smallest absolute Gasteiger partial charge is 0.0338 e. The zero-order chi connectivity index (χ0) is 8.27. The number of nitrogens with two attached hydrogens (primary N) is 1. The Morgan fingerprint density at radius 3 is 2.82 bits per heavy atom. The van der Waals surface area contributed by atoms with Crippen molar-refractivity contribution >= 4 is 11.6 Å². The van der Waals surface area contributed by atoms with Gasteiger partial charge in [-0.15, -0.1) is 11.6 Å².